The van der Waals surface area contributed by atoms with Crippen molar-refractivity contribution >= 4 is 40.9 Å². The summed E-state index contributed by atoms with van der Waals surface area (Å²) in [5, 5.41) is 5.27. The minimum atomic E-state index is -0.501. The van der Waals surface area contributed by atoms with E-state index in [1.807, 2.05) is 6.07 Å². The van der Waals surface area contributed by atoms with Crippen molar-refractivity contribution in [2.45, 2.75) is 0 Å². The molecule has 8 heteroatoms. The highest BCUT2D eigenvalue weighted by atomic mass is 16.2. The van der Waals surface area contributed by atoms with Gasteiger partial charge in [0.15, 0.2) is 11.5 Å². The summed E-state index contributed by atoms with van der Waals surface area (Å²) in [6.07, 6.45) is 4.63. The lowest BCUT2D eigenvalue weighted by atomic mass is 10.1. The fourth-order valence-corrected chi connectivity index (χ4v) is 2.23. The molecule has 24 heavy (non-hydrogen) atoms. The number of benzene rings is 1. The molecule has 0 saturated carbocycles. The fourth-order valence-electron chi connectivity index (χ4n) is 2.23. The summed E-state index contributed by atoms with van der Waals surface area (Å²) in [5.41, 5.74) is 2.56. The van der Waals surface area contributed by atoms with Crippen molar-refractivity contribution in [3.63, 3.8) is 0 Å². The minimum absolute atomic E-state index is 0.197. The highest BCUT2D eigenvalue weighted by Gasteiger charge is 2.10. The number of aromatic amines is 2. The van der Waals surface area contributed by atoms with Crippen LogP contribution in [0.15, 0.2) is 42.5 Å². The van der Waals surface area contributed by atoms with Gasteiger partial charge in [0.1, 0.15) is 11.8 Å². The zero-order valence-corrected chi connectivity index (χ0v) is 12.6. The van der Waals surface area contributed by atoms with Gasteiger partial charge in [-0.05, 0) is 23.3 Å². The van der Waals surface area contributed by atoms with E-state index in [1.54, 1.807) is 24.3 Å². The molecule has 0 saturated heterocycles. The van der Waals surface area contributed by atoms with Crippen molar-refractivity contribution in [2.75, 3.05) is 10.6 Å². The topological polar surface area (TPSA) is 116 Å². The summed E-state index contributed by atoms with van der Waals surface area (Å²) in [4.78, 5) is 36.4. The molecule has 0 bridgehead atoms. The molecule has 3 rings (SSSR count). The minimum Gasteiger partial charge on any atom is -0.308 e. The summed E-state index contributed by atoms with van der Waals surface area (Å²) in [6, 6.07) is 4.85. The Kier molecular flexibility index (Phi) is 3.94. The van der Waals surface area contributed by atoms with Crippen molar-refractivity contribution in [3.8, 4) is 0 Å². The van der Waals surface area contributed by atoms with E-state index < -0.39 is 11.7 Å². The van der Waals surface area contributed by atoms with Crippen molar-refractivity contribution in [2.24, 2.45) is 0 Å². The highest BCUT2D eigenvalue weighted by molar-refractivity contribution is 6.03. The van der Waals surface area contributed by atoms with Crippen LogP contribution < -0.4 is 16.3 Å². The molecule has 4 N–H and O–H groups in total. The SMILES string of the molecule is C=Cc1ccc(NC(=O)Nc2ncnc3[nH]c(=O)[nH]c23)cc1C=C. The third-order valence-corrected chi connectivity index (χ3v) is 3.33. The Bertz CT molecular complexity index is 1000. The molecule has 0 aliphatic heterocycles. The number of carbonyl (C=O) groups excluding carboxylic acids is 1. The van der Waals surface area contributed by atoms with Crippen LogP contribution in [0.25, 0.3) is 23.3 Å². The molecular weight excluding hydrogens is 308 g/mol. The Balaban J connectivity index is 1.81. The Hall–Kier alpha value is -3.68. The van der Waals surface area contributed by atoms with E-state index in [2.05, 4.69) is 43.7 Å². The van der Waals surface area contributed by atoms with Crippen molar-refractivity contribution in [1.82, 2.24) is 19.9 Å². The van der Waals surface area contributed by atoms with Crippen LogP contribution in [0.3, 0.4) is 0 Å². The van der Waals surface area contributed by atoms with Gasteiger partial charge in [-0.25, -0.2) is 19.6 Å². The summed E-state index contributed by atoms with van der Waals surface area (Å²) in [5.74, 6) is 0.197. The lowest BCUT2D eigenvalue weighted by Crippen LogP contribution is -2.20. The first-order valence-corrected chi connectivity index (χ1v) is 7.00. The Morgan fingerprint density at radius 1 is 1.08 bits per heavy atom. The molecule has 0 aliphatic carbocycles. The quantitative estimate of drug-likeness (QED) is 0.591. The van der Waals surface area contributed by atoms with Crippen LogP contribution in [0.4, 0.5) is 16.3 Å². The summed E-state index contributed by atoms with van der Waals surface area (Å²) in [6.45, 7) is 7.46. The van der Waals surface area contributed by atoms with Crippen molar-refractivity contribution in [1.29, 1.82) is 0 Å². The molecular formula is C16H14N6O2. The van der Waals surface area contributed by atoms with Gasteiger partial charge in [0, 0.05) is 5.69 Å². The predicted octanol–water partition coefficient (Wildman–Crippen LogP) is 2.58. The first kappa shape index (κ1) is 15.2. The number of carbonyl (C=O) groups is 1. The summed E-state index contributed by atoms with van der Waals surface area (Å²) in [7, 11) is 0. The van der Waals surface area contributed by atoms with Gasteiger partial charge in [0.2, 0.25) is 0 Å². The van der Waals surface area contributed by atoms with Gasteiger partial charge in [-0.2, -0.15) is 0 Å². The maximum absolute atomic E-state index is 12.2. The lowest BCUT2D eigenvalue weighted by molar-refractivity contribution is 0.262. The number of urea groups is 1. The van der Waals surface area contributed by atoms with Crippen LogP contribution in [0.2, 0.25) is 0 Å². The van der Waals surface area contributed by atoms with Crippen molar-refractivity contribution in [3.05, 3.63) is 59.3 Å². The third kappa shape index (κ3) is 2.93. The largest absolute Gasteiger partial charge is 0.325 e. The Morgan fingerprint density at radius 3 is 2.62 bits per heavy atom. The van der Waals surface area contributed by atoms with Crippen molar-refractivity contribution < 1.29 is 4.79 Å². The van der Waals surface area contributed by atoms with Gasteiger partial charge < -0.3 is 10.3 Å². The molecule has 0 unspecified atom stereocenters. The molecule has 0 atom stereocenters. The second kappa shape index (κ2) is 6.21. The number of hydrogen-bond acceptors (Lipinski definition) is 4. The van der Waals surface area contributed by atoms with Gasteiger partial charge in [0.05, 0.1) is 0 Å². The van der Waals surface area contributed by atoms with Crippen LogP contribution in [-0.4, -0.2) is 26.0 Å². The number of hydrogen-bond donors (Lipinski definition) is 4. The van der Waals surface area contributed by atoms with E-state index in [4.69, 9.17) is 0 Å². The summed E-state index contributed by atoms with van der Waals surface area (Å²) >= 11 is 0. The maximum atomic E-state index is 12.2. The highest BCUT2D eigenvalue weighted by Crippen LogP contribution is 2.19. The lowest BCUT2D eigenvalue weighted by Gasteiger charge is -2.09. The molecule has 2 heterocycles. The number of imidazole rings is 1. The Labute approximate surface area is 136 Å². The van der Waals surface area contributed by atoms with Gasteiger partial charge in [-0.1, -0.05) is 31.4 Å². The zero-order chi connectivity index (χ0) is 17.1. The van der Waals surface area contributed by atoms with Gasteiger partial charge in [-0.3, -0.25) is 10.3 Å². The third-order valence-electron chi connectivity index (χ3n) is 3.33. The standard InChI is InChI=1S/C16H14N6O2/c1-3-9-5-6-11(7-10(9)4-2)19-15(23)21-13-12-14(18-8-17-13)22-16(24)20-12/h3-8H,1-2H2,(H4,17,18,19,20,21,22,23,24). The van der Waals surface area contributed by atoms with E-state index in [-0.39, 0.29) is 5.82 Å². The van der Waals surface area contributed by atoms with Crippen LogP contribution in [0.5, 0.6) is 0 Å². The molecule has 120 valence electrons. The maximum Gasteiger partial charge on any atom is 0.325 e. The molecule has 8 nitrogen and oxygen atoms in total. The first-order valence-electron chi connectivity index (χ1n) is 7.00. The predicted molar refractivity (Wildman–Crippen MR) is 93.8 cm³/mol. The molecule has 0 spiro atoms. The van der Waals surface area contributed by atoms with Crippen LogP contribution in [0, 0.1) is 0 Å². The number of nitrogens with one attached hydrogen (secondary N) is 4. The second-order valence-electron chi connectivity index (χ2n) is 4.86. The smallest absolute Gasteiger partial charge is 0.308 e. The number of amides is 2. The van der Waals surface area contributed by atoms with Crippen LogP contribution in [0.1, 0.15) is 11.1 Å². The molecule has 0 radical (unpaired) electrons. The number of H-pyrrole nitrogens is 2. The molecule has 0 aliphatic rings. The molecule has 3 aromatic rings. The number of aromatic nitrogens is 4. The zero-order valence-electron chi connectivity index (χ0n) is 12.6. The molecule has 0 fully saturated rings. The first-order chi connectivity index (χ1) is 11.6. The Morgan fingerprint density at radius 2 is 1.88 bits per heavy atom. The molecule has 2 amide bonds. The average molecular weight is 322 g/mol. The van der Waals surface area contributed by atoms with E-state index >= 15 is 0 Å². The summed E-state index contributed by atoms with van der Waals surface area (Å²) < 4.78 is 0. The van der Waals surface area contributed by atoms with E-state index in [1.165, 1.54) is 6.33 Å². The van der Waals surface area contributed by atoms with E-state index in [9.17, 15) is 9.59 Å². The van der Waals surface area contributed by atoms with Crippen LogP contribution >= 0.6 is 0 Å². The number of nitrogens with zero attached hydrogens (tertiary/aromatic N) is 2. The van der Waals surface area contributed by atoms with E-state index in [0.29, 0.717) is 16.9 Å². The molecule has 2 aromatic heterocycles. The number of anilines is 2. The van der Waals surface area contributed by atoms with Crippen LogP contribution in [-0.2, 0) is 0 Å². The van der Waals surface area contributed by atoms with Gasteiger partial charge in [0.25, 0.3) is 0 Å². The monoisotopic (exact) mass is 322 g/mol. The van der Waals surface area contributed by atoms with E-state index in [0.717, 1.165) is 11.1 Å². The van der Waals surface area contributed by atoms with Gasteiger partial charge in [-0.15, -0.1) is 0 Å². The average Bonchev–Trinajstić information content (AvgIpc) is 2.96. The number of fused-ring (bicyclic) bond motifs is 1. The fraction of sp³-hybridized carbons (Fsp3) is 0. The second-order valence-corrected chi connectivity index (χ2v) is 4.86. The molecule has 1 aromatic carbocycles. The van der Waals surface area contributed by atoms with Gasteiger partial charge >= 0.3 is 11.7 Å². The number of rotatable bonds is 4. The normalized spacial score (nSPS) is 10.3.